The molecule has 0 spiro atoms. The maximum Gasteiger partial charge on any atom is 0.407 e. The van der Waals surface area contributed by atoms with E-state index in [1.54, 1.807) is 40.4 Å². The average Bonchev–Trinajstić information content (AvgIpc) is 4.09. The van der Waals surface area contributed by atoms with Gasteiger partial charge in [-0.05, 0) is 79.3 Å². The number of nitrogens with zero attached hydrogens (tertiary/aromatic N) is 5. The molecule has 4 N–H and O–H groups in total. The van der Waals surface area contributed by atoms with Gasteiger partial charge >= 0.3 is 12.2 Å². The first-order chi connectivity index (χ1) is 29.2. The Morgan fingerprint density at radius 3 is 2.00 bits per heavy atom. The number of nitrogens with one attached hydrogen (secondary N) is 3. The number of likely N-dealkylation sites (N-methyl/N-ethyl adjacent to an activating group) is 1. The molecular formula is C45H50N8O8. The number of carboxylic acid groups (broad SMARTS) is 1. The zero-order valence-corrected chi connectivity index (χ0v) is 35.0. The first-order valence-corrected chi connectivity index (χ1v) is 20.7. The van der Waals surface area contributed by atoms with Crippen molar-refractivity contribution in [3.05, 3.63) is 82.8 Å². The predicted octanol–water partition coefficient (Wildman–Crippen LogP) is 7.22. The minimum absolute atomic E-state index is 0.151. The van der Waals surface area contributed by atoms with Crippen LogP contribution in [-0.4, -0.2) is 103 Å². The SMILES string of the molecule is COC(=O)NC(C(=O)N1CCC[C@@H]1c1ncc(-c2ccc3oc4c(ccc5cc(-c6cnc([C@H]7CCCN7C(=O)C(C(C)C)N(C)C(=O)O)[nH]6)ccc54)c(=O)c3c2)[nH]1)C(C)C. The number of methoxy groups -OCH3 is 1. The molecule has 318 valence electrons. The van der Waals surface area contributed by atoms with Gasteiger partial charge in [0.15, 0.2) is 0 Å². The van der Waals surface area contributed by atoms with E-state index in [-0.39, 0.29) is 41.2 Å². The van der Waals surface area contributed by atoms with E-state index in [1.807, 2.05) is 58.0 Å². The molecule has 2 aliphatic rings. The number of aromatic nitrogens is 4. The standard InChI is InChI=1S/C45H50N8O8/c1-23(2)36(50-44(57)60-6)42(55)52-17-7-9-33(52)40-47-22-32(49-40)27-13-16-35-30(20-27)38(54)29-15-11-25-19-26(12-14-28(25)39(29)61-35)31-21-46-41(48-31)34-10-8-18-53(34)43(56)37(24(3)4)51(5)45(58)59/h11-16,19-24,33-34,36-37H,7-10,17-18H2,1-6H3,(H,46,48)(H,47,49)(H,50,57)(H,58,59)/t33-,34-,36?,37?/m1/s1. The van der Waals surface area contributed by atoms with Gasteiger partial charge in [-0.25, -0.2) is 19.6 Å². The van der Waals surface area contributed by atoms with E-state index in [0.29, 0.717) is 65.2 Å². The molecule has 0 bridgehead atoms. The fourth-order valence-corrected chi connectivity index (χ4v) is 8.98. The fourth-order valence-electron chi connectivity index (χ4n) is 8.98. The lowest BCUT2D eigenvalue weighted by Gasteiger charge is -2.33. The zero-order valence-electron chi connectivity index (χ0n) is 35.0. The number of fused-ring (bicyclic) bond motifs is 4. The summed E-state index contributed by atoms with van der Waals surface area (Å²) in [6.07, 6.45) is 4.63. The van der Waals surface area contributed by atoms with Crippen LogP contribution >= 0.6 is 0 Å². The van der Waals surface area contributed by atoms with E-state index < -0.39 is 24.3 Å². The number of carbonyl (C=O) groups is 4. The summed E-state index contributed by atoms with van der Waals surface area (Å²) >= 11 is 0. The van der Waals surface area contributed by atoms with Crippen LogP contribution in [0.15, 0.2) is 70.1 Å². The molecule has 2 fully saturated rings. The molecule has 2 unspecified atom stereocenters. The van der Waals surface area contributed by atoms with Crippen LogP contribution < -0.4 is 10.7 Å². The molecule has 2 saturated heterocycles. The van der Waals surface area contributed by atoms with Gasteiger partial charge in [0.2, 0.25) is 17.2 Å². The molecule has 16 nitrogen and oxygen atoms in total. The monoisotopic (exact) mass is 830 g/mol. The van der Waals surface area contributed by atoms with Crippen LogP contribution in [0.2, 0.25) is 0 Å². The first-order valence-electron chi connectivity index (χ1n) is 20.7. The second-order valence-electron chi connectivity index (χ2n) is 16.7. The van der Waals surface area contributed by atoms with Crippen molar-refractivity contribution in [2.24, 2.45) is 11.8 Å². The summed E-state index contributed by atoms with van der Waals surface area (Å²) in [6, 6.07) is 12.8. The topological polar surface area (TPSA) is 207 Å². The second-order valence-corrected chi connectivity index (χ2v) is 16.7. The maximum absolute atomic E-state index is 14.1. The number of alkyl carbamates (subject to hydrolysis) is 1. The largest absolute Gasteiger partial charge is 0.465 e. The lowest BCUT2D eigenvalue weighted by atomic mass is 10.0. The third-order valence-corrected chi connectivity index (χ3v) is 12.2. The Bertz CT molecular complexity index is 2740. The number of hydrogen-bond donors (Lipinski definition) is 4. The van der Waals surface area contributed by atoms with Crippen LogP contribution in [0, 0.1) is 11.8 Å². The molecule has 2 aliphatic heterocycles. The molecule has 0 radical (unpaired) electrons. The minimum Gasteiger partial charge on any atom is -0.465 e. The highest BCUT2D eigenvalue weighted by atomic mass is 16.5. The summed E-state index contributed by atoms with van der Waals surface area (Å²) in [4.78, 5) is 85.9. The van der Waals surface area contributed by atoms with E-state index in [1.165, 1.54) is 14.2 Å². The van der Waals surface area contributed by atoms with Crippen molar-refractivity contribution < 1.29 is 33.4 Å². The van der Waals surface area contributed by atoms with Crippen LogP contribution in [0.5, 0.6) is 0 Å². The van der Waals surface area contributed by atoms with E-state index in [4.69, 9.17) is 9.15 Å². The number of amides is 4. The maximum atomic E-state index is 14.1. The Kier molecular flexibility index (Phi) is 11.0. The molecule has 4 amide bonds. The van der Waals surface area contributed by atoms with E-state index in [0.717, 1.165) is 45.3 Å². The third kappa shape index (κ3) is 7.55. The van der Waals surface area contributed by atoms with E-state index >= 15 is 0 Å². The van der Waals surface area contributed by atoms with Crippen LogP contribution in [0.25, 0.3) is 55.2 Å². The molecule has 4 atom stereocenters. The lowest BCUT2D eigenvalue weighted by Crippen LogP contribution is -2.51. The molecule has 5 heterocycles. The van der Waals surface area contributed by atoms with Gasteiger partial charge in [-0.15, -0.1) is 0 Å². The van der Waals surface area contributed by atoms with Crippen LogP contribution in [0.1, 0.15) is 77.1 Å². The number of imidazole rings is 2. The molecule has 3 aromatic carbocycles. The fraction of sp³-hybridized carbons (Fsp3) is 0.400. The van der Waals surface area contributed by atoms with Gasteiger partial charge in [-0.2, -0.15) is 0 Å². The summed E-state index contributed by atoms with van der Waals surface area (Å²) in [5, 5.41) is 14.8. The van der Waals surface area contributed by atoms with Gasteiger partial charge in [0.1, 0.15) is 34.9 Å². The minimum atomic E-state index is -1.15. The molecule has 61 heavy (non-hydrogen) atoms. The number of benzene rings is 3. The van der Waals surface area contributed by atoms with Crippen molar-refractivity contribution in [2.45, 2.75) is 77.5 Å². The van der Waals surface area contributed by atoms with Gasteiger partial charge in [0.05, 0.1) is 53.7 Å². The number of aromatic amines is 2. The Morgan fingerprint density at radius 2 is 1.41 bits per heavy atom. The van der Waals surface area contributed by atoms with Crippen molar-refractivity contribution in [3.8, 4) is 22.5 Å². The van der Waals surface area contributed by atoms with Gasteiger partial charge in [-0.3, -0.25) is 19.3 Å². The highest BCUT2D eigenvalue weighted by molar-refractivity contribution is 6.07. The van der Waals surface area contributed by atoms with Crippen molar-refractivity contribution in [3.63, 3.8) is 0 Å². The highest BCUT2D eigenvalue weighted by Gasteiger charge is 2.40. The number of rotatable bonds is 10. The summed E-state index contributed by atoms with van der Waals surface area (Å²) in [5.74, 6) is 0.490. The Balaban J connectivity index is 1.04. The smallest absolute Gasteiger partial charge is 0.407 e. The molecule has 0 aliphatic carbocycles. The molecule has 3 aromatic heterocycles. The van der Waals surface area contributed by atoms with Crippen molar-refractivity contribution in [1.29, 1.82) is 0 Å². The molecule has 8 rings (SSSR count). The Labute approximate surface area is 351 Å². The van der Waals surface area contributed by atoms with Crippen LogP contribution in [-0.2, 0) is 14.3 Å². The summed E-state index contributed by atoms with van der Waals surface area (Å²) in [6.45, 7) is 8.49. The Morgan fingerprint density at radius 1 is 0.820 bits per heavy atom. The summed E-state index contributed by atoms with van der Waals surface area (Å²) in [5.41, 5.74) is 3.79. The molecule has 0 saturated carbocycles. The average molecular weight is 831 g/mol. The summed E-state index contributed by atoms with van der Waals surface area (Å²) < 4.78 is 11.2. The second kappa shape index (κ2) is 16.4. The number of H-pyrrole nitrogens is 2. The van der Waals surface area contributed by atoms with Gasteiger partial charge < -0.3 is 39.3 Å². The van der Waals surface area contributed by atoms with Crippen molar-refractivity contribution in [2.75, 3.05) is 27.2 Å². The van der Waals surface area contributed by atoms with Gasteiger partial charge in [-0.1, -0.05) is 39.8 Å². The highest BCUT2D eigenvalue weighted by Crippen LogP contribution is 2.36. The number of hydrogen-bond acceptors (Lipinski definition) is 9. The van der Waals surface area contributed by atoms with Gasteiger partial charge in [0, 0.05) is 36.7 Å². The number of carbonyl (C=O) groups excluding carboxylic acids is 3. The molecular weight excluding hydrogens is 781 g/mol. The number of ether oxygens (including phenoxy) is 1. The van der Waals surface area contributed by atoms with Gasteiger partial charge in [0.25, 0.3) is 0 Å². The zero-order chi connectivity index (χ0) is 43.3. The molecule has 6 aromatic rings. The molecule has 16 heteroatoms. The van der Waals surface area contributed by atoms with Crippen molar-refractivity contribution >= 4 is 56.7 Å². The lowest BCUT2D eigenvalue weighted by molar-refractivity contribution is -0.138. The summed E-state index contributed by atoms with van der Waals surface area (Å²) in [7, 11) is 2.70. The van der Waals surface area contributed by atoms with Crippen LogP contribution in [0.3, 0.4) is 0 Å². The third-order valence-electron chi connectivity index (χ3n) is 12.2. The number of likely N-dealkylation sites (tertiary alicyclic amines) is 2. The van der Waals surface area contributed by atoms with Crippen LogP contribution in [0.4, 0.5) is 9.59 Å². The Hall–Kier alpha value is -6.71. The quantitative estimate of drug-likeness (QED) is 0.0805. The van der Waals surface area contributed by atoms with Crippen molar-refractivity contribution in [1.82, 2.24) is 40.0 Å². The normalized spacial score (nSPS) is 17.8. The van der Waals surface area contributed by atoms with E-state index in [9.17, 15) is 29.1 Å². The first kappa shape index (κ1) is 41.0. The van der Waals surface area contributed by atoms with E-state index in [2.05, 4.69) is 25.3 Å². The predicted molar refractivity (Wildman–Crippen MR) is 229 cm³/mol.